The molecule has 0 atom stereocenters. The van der Waals surface area contributed by atoms with E-state index in [2.05, 4.69) is 5.32 Å². The molecular formula is C14H11ClN2O4. The third-order valence-electron chi connectivity index (χ3n) is 2.76. The zero-order chi connectivity index (χ0) is 15.4. The highest BCUT2D eigenvalue weighted by atomic mass is 35.5. The Kier molecular flexibility index (Phi) is 4.39. The summed E-state index contributed by atoms with van der Waals surface area (Å²) in [5, 5.41) is 13.9. The highest BCUT2D eigenvalue weighted by Crippen LogP contribution is 2.28. The van der Waals surface area contributed by atoms with E-state index < -0.39 is 10.8 Å². The Morgan fingerprint density at radius 1 is 1.29 bits per heavy atom. The molecule has 0 aliphatic heterocycles. The molecule has 0 radical (unpaired) electrons. The smallest absolute Gasteiger partial charge is 0.311 e. The molecule has 0 bridgehead atoms. The number of amides is 1. The zero-order valence-corrected chi connectivity index (χ0v) is 11.8. The third kappa shape index (κ3) is 3.29. The van der Waals surface area contributed by atoms with Crippen LogP contribution in [0, 0.1) is 10.1 Å². The van der Waals surface area contributed by atoms with Crippen LogP contribution in [0.3, 0.4) is 0 Å². The number of carbonyl (C=O) groups is 1. The van der Waals surface area contributed by atoms with Gasteiger partial charge < -0.3 is 10.1 Å². The maximum atomic E-state index is 12.1. The van der Waals surface area contributed by atoms with Crippen LogP contribution in [0.1, 0.15) is 10.4 Å². The van der Waals surface area contributed by atoms with Gasteiger partial charge in [0.15, 0.2) is 5.75 Å². The Labute approximate surface area is 125 Å². The molecule has 0 unspecified atom stereocenters. The van der Waals surface area contributed by atoms with Crippen molar-refractivity contribution in [1.29, 1.82) is 0 Å². The maximum absolute atomic E-state index is 12.1. The van der Waals surface area contributed by atoms with E-state index in [-0.39, 0.29) is 17.0 Å². The monoisotopic (exact) mass is 306 g/mol. The summed E-state index contributed by atoms with van der Waals surface area (Å²) < 4.78 is 4.88. The van der Waals surface area contributed by atoms with Gasteiger partial charge in [0.1, 0.15) is 0 Å². The second-order valence-corrected chi connectivity index (χ2v) is 4.48. The summed E-state index contributed by atoms with van der Waals surface area (Å²) in [4.78, 5) is 22.4. The lowest BCUT2D eigenvalue weighted by Gasteiger charge is -2.08. The average Bonchev–Trinajstić information content (AvgIpc) is 2.48. The molecule has 2 aromatic carbocycles. The van der Waals surface area contributed by atoms with Crippen LogP contribution in [0.4, 0.5) is 11.4 Å². The van der Waals surface area contributed by atoms with Gasteiger partial charge in [0.05, 0.1) is 22.7 Å². The molecule has 21 heavy (non-hydrogen) atoms. The summed E-state index contributed by atoms with van der Waals surface area (Å²) in [5.74, 6) is -0.400. The number of nitro benzene ring substituents is 1. The molecule has 0 heterocycles. The van der Waals surface area contributed by atoms with Gasteiger partial charge in [-0.25, -0.2) is 0 Å². The van der Waals surface area contributed by atoms with E-state index in [0.29, 0.717) is 10.7 Å². The standard InChI is InChI=1S/C14H11ClN2O4/c1-21-13-7-6-9(8-12(13)17(19)20)14(18)16-11-5-3-2-4-10(11)15/h2-8H,1H3,(H,16,18). The molecule has 2 aromatic rings. The molecule has 0 saturated carbocycles. The molecule has 0 aromatic heterocycles. The number of rotatable bonds is 4. The quantitative estimate of drug-likeness (QED) is 0.692. The fraction of sp³-hybridized carbons (Fsp3) is 0.0714. The van der Waals surface area contributed by atoms with Gasteiger partial charge in [0.2, 0.25) is 0 Å². The Balaban J connectivity index is 2.30. The summed E-state index contributed by atoms with van der Waals surface area (Å²) in [6.07, 6.45) is 0. The number of anilines is 1. The number of nitrogens with zero attached hydrogens (tertiary/aromatic N) is 1. The Morgan fingerprint density at radius 3 is 2.62 bits per heavy atom. The van der Waals surface area contributed by atoms with Crippen molar-refractivity contribution in [1.82, 2.24) is 0 Å². The van der Waals surface area contributed by atoms with Crippen molar-refractivity contribution >= 4 is 28.9 Å². The van der Waals surface area contributed by atoms with Crippen LogP contribution in [0.25, 0.3) is 0 Å². The lowest BCUT2D eigenvalue weighted by atomic mass is 10.1. The topological polar surface area (TPSA) is 81.5 Å². The summed E-state index contributed by atoms with van der Waals surface area (Å²) in [5.41, 5.74) is 0.300. The minimum atomic E-state index is -0.606. The van der Waals surface area contributed by atoms with Gasteiger partial charge >= 0.3 is 5.69 Å². The van der Waals surface area contributed by atoms with E-state index in [9.17, 15) is 14.9 Å². The predicted molar refractivity (Wildman–Crippen MR) is 79.1 cm³/mol. The van der Waals surface area contributed by atoms with Crippen molar-refractivity contribution in [2.75, 3.05) is 12.4 Å². The van der Waals surface area contributed by atoms with Gasteiger partial charge in [-0.05, 0) is 24.3 Å². The van der Waals surface area contributed by atoms with E-state index in [4.69, 9.17) is 16.3 Å². The van der Waals surface area contributed by atoms with Crippen LogP contribution in [-0.4, -0.2) is 17.9 Å². The molecule has 108 valence electrons. The van der Waals surface area contributed by atoms with E-state index in [1.165, 1.54) is 19.2 Å². The highest BCUT2D eigenvalue weighted by Gasteiger charge is 2.18. The molecule has 6 nitrogen and oxygen atoms in total. The van der Waals surface area contributed by atoms with Crippen molar-refractivity contribution in [2.45, 2.75) is 0 Å². The number of para-hydroxylation sites is 1. The molecule has 0 aliphatic rings. The lowest BCUT2D eigenvalue weighted by Crippen LogP contribution is -2.12. The van der Waals surface area contributed by atoms with Crippen molar-refractivity contribution in [3.63, 3.8) is 0 Å². The molecule has 0 aliphatic carbocycles. The first kappa shape index (κ1) is 14.8. The minimum absolute atomic E-state index is 0.0919. The highest BCUT2D eigenvalue weighted by molar-refractivity contribution is 6.33. The number of nitro groups is 1. The normalized spacial score (nSPS) is 10.0. The molecule has 2 rings (SSSR count). The minimum Gasteiger partial charge on any atom is -0.490 e. The Bertz CT molecular complexity index is 703. The van der Waals surface area contributed by atoms with E-state index in [1.54, 1.807) is 24.3 Å². The first-order valence-electron chi connectivity index (χ1n) is 5.91. The SMILES string of the molecule is COc1ccc(C(=O)Nc2ccccc2Cl)cc1[N+](=O)[O-]. The fourth-order valence-corrected chi connectivity index (χ4v) is 1.91. The molecule has 1 N–H and O–H groups in total. The number of nitrogens with one attached hydrogen (secondary N) is 1. The maximum Gasteiger partial charge on any atom is 0.311 e. The average molecular weight is 307 g/mol. The van der Waals surface area contributed by atoms with Crippen LogP contribution >= 0.6 is 11.6 Å². The number of methoxy groups -OCH3 is 1. The number of halogens is 1. The Morgan fingerprint density at radius 2 is 2.00 bits per heavy atom. The van der Waals surface area contributed by atoms with Gasteiger partial charge in [-0.15, -0.1) is 0 Å². The summed E-state index contributed by atoms with van der Waals surface area (Å²) >= 11 is 5.94. The van der Waals surface area contributed by atoms with E-state index in [0.717, 1.165) is 6.07 Å². The number of ether oxygens (including phenoxy) is 1. The van der Waals surface area contributed by atoms with Crippen molar-refractivity contribution < 1.29 is 14.5 Å². The third-order valence-corrected chi connectivity index (χ3v) is 3.09. The lowest BCUT2D eigenvalue weighted by molar-refractivity contribution is -0.385. The van der Waals surface area contributed by atoms with Crippen LogP contribution in [0.15, 0.2) is 42.5 Å². The van der Waals surface area contributed by atoms with Gasteiger partial charge in [0.25, 0.3) is 5.91 Å². The predicted octanol–water partition coefficient (Wildman–Crippen LogP) is 3.51. The second-order valence-electron chi connectivity index (χ2n) is 4.08. The summed E-state index contributed by atoms with van der Waals surface area (Å²) in [6.45, 7) is 0. The molecule has 0 saturated heterocycles. The van der Waals surface area contributed by atoms with Crippen molar-refractivity contribution in [3.05, 3.63) is 63.2 Å². The van der Waals surface area contributed by atoms with Crippen LogP contribution < -0.4 is 10.1 Å². The zero-order valence-electron chi connectivity index (χ0n) is 11.0. The largest absolute Gasteiger partial charge is 0.490 e. The van der Waals surface area contributed by atoms with Crippen LogP contribution in [0.5, 0.6) is 5.75 Å². The second kappa shape index (κ2) is 6.23. The van der Waals surface area contributed by atoms with Crippen LogP contribution in [0.2, 0.25) is 5.02 Å². The van der Waals surface area contributed by atoms with Gasteiger partial charge in [-0.1, -0.05) is 23.7 Å². The first-order chi connectivity index (χ1) is 10.0. The van der Waals surface area contributed by atoms with Crippen LogP contribution in [-0.2, 0) is 0 Å². The number of benzene rings is 2. The first-order valence-corrected chi connectivity index (χ1v) is 6.29. The van der Waals surface area contributed by atoms with Gasteiger partial charge in [0, 0.05) is 11.6 Å². The molecular weight excluding hydrogens is 296 g/mol. The molecule has 1 amide bonds. The Hall–Kier alpha value is -2.60. The number of hydrogen-bond donors (Lipinski definition) is 1. The molecule has 0 spiro atoms. The number of hydrogen-bond acceptors (Lipinski definition) is 4. The van der Waals surface area contributed by atoms with Gasteiger partial charge in [-0.3, -0.25) is 14.9 Å². The summed E-state index contributed by atoms with van der Waals surface area (Å²) in [6, 6.07) is 10.7. The van der Waals surface area contributed by atoms with E-state index >= 15 is 0 Å². The van der Waals surface area contributed by atoms with Crippen molar-refractivity contribution in [3.8, 4) is 5.75 Å². The van der Waals surface area contributed by atoms with Gasteiger partial charge in [-0.2, -0.15) is 0 Å². The molecule has 0 fully saturated rings. The van der Waals surface area contributed by atoms with Crippen molar-refractivity contribution in [2.24, 2.45) is 0 Å². The summed E-state index contributed by atoms with van der Waals surface area (Å²) in [7, 11) is 1.33. The van der Waals surface area contributed by atoms with E-state index in [1.807, 2.05) is 0 Å². The fourth-order valence-electron chi connectivity index (χ4n) is 1.73. The molecule has 7 heteroatoms. The number of carbonyl (C=O) groups excluding carboxylic acids is 1.